The van der Waals surface area contributed by atoms with Crippen molar-refractivity contribution in [2.45, 2.75) is 56.3 Å². The fourth-order valence-corrected chi connectivity index (χ4v) is 10.4. The van der Waals surface area contributed by atoms with E-state index in [0.29, 0.717) is 0 Å². The molecule has 0 N–H and O–H groups in total. The van der Waals surface area contributed by atoms with E-state index in [4.69, 9.17) is 0 Å². The average molecular weight is 232 g/mol. The number of fused-ring (bicyclic) bond motifs is 1. The summed E-state index contributed by atoms with van der Waals surface area (Å²) >= 11 is 0. The van der Waals surface area contributed by atoms with Gasteiger partial charge in [0.2, 0.25) is 0 Å². The Morgan fingerprint density at radius 3 is 2.62 bits per heavy atom. The first-order valence-electron chi connectivity index (χ1n) is 7.21. The second-order valence-electron chi connectivity index (χ2n) is 6.16. The summed E-state index contributed by atoms with van der Waals surface area (Å²) in [4.78, 5) is 0. The van der Waals surface area contributed by atoms with Gasteiger partial charge in [-0.3, -0.25) is 0 Å². The van der Waals surface area contributed by atoms with Gasteiger partial charge < -0.3 is 0 Å². The molecule has 0 spiro atoms. The van der Waals surface area contributed by atoms with Gasteiger partial charge in [0.25, 0.3) is 0 Å². The molecule has 88 valence electrons. The summed E-state index contributed by atoms with van der Waals surface area (Å²) in [5, 5.41) is 0. The van der Waals surface area contributed by atoms with Crippen LogP contribution in [0.5, 0.6) is 0 Å². The van der Waals surface area contributed by atoms with Crippen molar-refractivity contribution >= 4 is 8.07 Å². The Labute approximate surface area is 101 Å². The molecule has 0 amide bonds. The molecule has 0 aromatic rings. The van der Waals surface area contributed by atoms with Crippen LogP contribution in [0.1, 0.15) is 32.6 Å². The van der Waals surface area contributed by atoms with E-state index >= 15 is 0 Å². The van der Waals surface area contributed by atoms with E-state index in [1.807, 2.05) is 0 Å². The smallest absolute Gasteiger partial charge is 0.0572 e. The maximum absolute atomic E-state index is 2.55. The molecule has 16 heavy (non-hydrogen) atoms. The van der Waals surface area contributed by atoms with Crippen molar-refractivity contribution in [3.05, 3.63) is 24.3 Å². The Morgan fingerprint density at radius 1 is 1.12 bits per heavy atom. The summed E-state index contributed by atoms with van der Waals surface area (Å²) in [6.07, 6.45) is 15.7. The molecular weight excluding hydrogens is 208 g/mol. The standard InChI is InChI=1S/C15H24Si/c1-2-10-16(11-5-12-16)15-9-8-13-6-3-4-7-14(13)15/h3-4,6-7,13-15H,2,5,8-12H2,1H3. The van der Waals surface area contributed by atoms with Gasteiger partial charge in [0.15, 0.2) is 0 Å². The van der Waals surface area contributed by atoms with Crippen LogP contribution in [0.2, 0.25) is 23.7 Å². The molecule has 3 atom stereocenters. The van der Waals surface area contributed by atoms with Crippen LogP contribution < -0.4 is 0 Å². The van der Waals surface area contributed by atoms with Gasteiger partial charge in [0.1, 0.15) is 0 Å². The lowest BCUT2D eigenvalue weighted by atomic mass is 9.92. The molecule has 3 rings (SSSR count). The summed E-state index contributed by atoms with van der Waals surface area (Å²) in [7, 11) is -0.803. The lowest BCUT2D eigenvalue weighted by molar-refractivity contribution is 0.534. The summed E-state index contributed by atoms with van der Waals surface area (Å²) in [6.45, 7) is 2.40. The van der Waals surface area contributed by atoms with Crippen molar-refractivity contribution < 1.29 is 0 Å². The van der Waals surface area contributed by atoms with Crippen LogP contribution in [0.3, 0.4) is 0 Å². The van der Waals surface area contributed by atoms with Gasteiger partial charge in [-0.25, -0.2) is 0 Å². The third-order valence-corrected chi connectivity index (χ3v) is 11.9. The topological polar surface area (TPSA) is 0 Å². The molecule has 3 unspecified atom stereocenters. The van der Waals surface area contributed by atoms with E-state index < -0.39 is 8.07 Å². The third kappa shape index (κ3) is 1.55. The van der Waals surface area contributed by atoms with E-state index in [1.165, 1.54) is 12.8 Å². The van der Waals surface area contributed by atoms with E-state index in [1.54, 1.807) is 31.0 Å². The minimum absolute atomic E-state index is 0.803. The Kier molecular flexibility index (Phi) is 2.83. The third-order valence-electron chi connectivity index (χ3n) is 5.46. The van der Waals surface area contributed by atoms with Crippen molar-refractivity contribution in [2.75, 3.05) is 0 Å². The first-order chi connectivity index (χ1) is 7.86. The van der Waals surface area contributed by atoms with Crippen LogP contribution in [-0.2, 0) is 0 Å². The molecule has 0 nitrogen and oxygen atoms in total. The zero-order chi connectivity index (χ0) is 11.0. The molecule has 1 heteroatoms. The molecule has 0 bridgehead atoms. The Morgan fingerprint density at radius 2 is 1.94 bits per heavy atom. The molecule has 2 aliphatic carbocycles. The van der Waals surface area contributed by atoms with Crippen LogP contribution in [-0.4, -0.2) is 8.07 Å². The predicted octanol–water partition coefficient (Wildman–Crippen LogP) is 4.77. The highest BCUT2D eigenvalue weighted by Gasteiger charge is 2.51. The predicted molar refractivity (Wildman–Crippen MR) is 73.3 cm³/mol. The van der Waals surface area contributed by atoms with Crippen molar-refractivity contribution in [3.63, 3.8) is 0 Å². The molecule has 0 radical (unpaired) electrons. The monoisotopic (exact) mass is 232 g/mol. The minimum Gasteiger partial charge on any atom is -0.0808 e. The Balaban J connectivity index is 1.79. The normalized spacial score (nSPS) is 39.4. The van der Waals surface area contributed by atoms with E-state index in [-0.39, 0.29) is 0 Å². The molecule has 0 aromatic carbocycles. The lowest BCUT2D eigenvalue weighted by Gasteiger charge is -2.47. The summed E-state index contributed by atoms with van der Waals surface area (Å²) in [5.41, 5.74) is 1.15. The van der Waals surface area contributed by atoms with Crippen LogP contribution in [0.25, 0.3) is 0 Å². The van der Waals surface area contributed by atoms with Crippen LogP contribution in [0.4, 0.5) is 0 Å². The van der Waals surface area contributed by atoms with Crippen LogP contribution >= 0.6 is 0 Å². The number of hydrogen-bond donors (Lipinski definition) is 0. The average Bonchev–Trinajstić information content (AvgIpc) is 2.68. The molecule has 1 saturated carbocycles. The van der Waals surface area contributed by atoms with E-state index in [0.717, 1.165) is 17.4 Å². The Hall–Kier alpha value is -0.303. The minimum atomic E-state index is -0.803. The zero-order valence-electron chi connectivity index (χ0n) is 10.5. The quantitative estimate of drug-likeness (QED) is 0.615. The summed E-state index contributed by atoms with van der Waals surface area (Å²) in [6, 6.07) is 4.94. The van der Waals surface area contributed by atoms with Crippen molar-refractivity contribution in [1.82, 2.24) is 0 Å². The molecule has 2 fully saturated rings. The molecule has 1 heterocycles. The first-order valence-corrected chi connectivity index (χ1v) is 9.90. The second-order valence-corrected chi connectivity index (χ2v) is 11.1. The second kappa shape index (κ2) is 4.18. The fraction of sp³-hybridized carbons (Fsp3) is 0.733. The van der Waals surface area contributed by atoms with E-state index in [9.17, 15) is 0 Å². The molecular formula is C15H24Si. The molecule has 0 aromatic heterocycles. The van der Waals surface area contributed by atoms with Gasteiger partial charge in [0.05, 0.1) is 8.07 Å². The van der Waals surface area contributed by atoms with Crippen molar-refractivity contribution in [3.8, 4) is 0 Å². The highest BCUT2D eigenvalue weighted by molar-refractivity contribution is 6.83. The van der Waals surface area contributed by atoms with Gasteiger partial charge in [0, 0.05) is 0 Å². The van der Waals surface area contributed by atoms with Crippen LogP contribution in [0.15, 0.2) is 24.3 Å². The summed E-state index contributed by atoms with van der Waals surface area (Å²) in [5.74, 6) is 1.86. The SMILES string of the molecule is CCC[Si]1(C2CCC3C=CC=CC32)CCC1. The van der Waals surface area contributed by atoms with Gasteiger partial charge in [-0.1, -0.05) is 68.6 Å². The summed E-state index contributed by atoms with van der Waals surface area (Å²) < 4.78 is 0. The van der Waals surface area contributed by atoms with Gasteiger partial charge in [-0.05, 0) is 23.8 Å². The number of hydrogen-bond acceptors (Lipinski definition) is 0. The molecule has 1 saturated heterocycles. The number of allylic oxidation sites excluding steroid dienone is 4. The highest BCUT2D eigenvalue weighted by Crippen LogP contribution is 2.57. The van der Waals surface area contributed by atoms with Gasteiger partial charge in [-0.2, -0.15) is 0 Å². The van der Waals surface area contributed by atoms with Crippen molar-refractivity contribution in [1.29, 1.82) is 0 Å². The number of rotatable bonds is 3. The lowest BCUT2D eigenvalue weighted by Crippen LogP contribution is -2.47. The largest absolute Gasteiger partial charge is 0.0808 e. The van der Waals surface area contributed by atoms with Gasteiger partial charge >= 0.3 is 0 Å². The van der Waals surface area contributed by atoms with Gasteiger partial charge in [-0.15, -0.1) is 0 Å². The highest BCUT2D eigenvalue weighted by atomic mass is 28.3. The fourth-order valence-electron chi connectivity index (χ4n) is 4.61. The maximum atomic E-state index is 2.55. The van der Waals surface area contributed by atoms with E-state index in [2.05, 4.69) is 31.2 Å². The first kappa shape index (κ1) is 10.8. The van der Waals surface area contributed by atoms with Crippen LogP contribution in [0, 0.1) is 11.8 Å². The molecule has 3 aliphatic rings. The maximum Gasteiger partial charge on any atom is 0.0572 e. The molecule has 1 aliphatic heterocycles. The van der Waals surface area contributed by atoms with Crippen molar-refractivity contribution in [2.24, 2.45) is 11.8 Å². The Bertz CT molecular complexity index is 311. The zero-order valence-corrected chi connectivity index (χ0v) is 11.5.